The van der Waals surface area contributed by atoms with E-state index >= 15 is 0 Å². The molecule has 0 heterocycles. The highest BCUT2D eigenvalue weighted by Gasteiger charge is 2.19. The van der Waals surface area contributed by atoms with E-state index in [9.17, 15) is 14.4 Å². The third-order valence-electron chi connectivity index (χ3n) is 4.93. The normalized spacial score (nSPS) is 11.6. The summed E-state index contributed by atoms with van der Waals surface area (Å²) in [5.74, 6) is -0.400. The number of amides is 2. The Morgan fingerprint density at radius 1 is 0.933 bits per heavy atom. The molecule has 2 amide bonds. The van der Waals surface area contributed by atoms with E-state index in [2.05, 4.69) is 10.6 Å². The molecule has 0 fully saturated rings. The molecule has 3 N–H and O–H groups in total. The van der Waals surface area contributed by atoms with Gasteiger partial charge in [0.2, 0.25) is 0 Å². The number of Topliss-reactive ketones (excluding diaryl/α,β-unsaturated/α-hetero) is 1. The summed E-state index contributed by atoms with van der Waals surface area (Å²) in [6, 6.07) is 12.5. The van der Waals surface area contributed by atoms with Crippen LogP contribution in [0.15, 0.2) is 42.5 Å². The maximum atomic E-state index is 12.6. The Morgan fingerprint density at radius 2 is 1.57 bits per heavy atom. The average molecular weight is 413 g/mol. The number of anilines is 2. The van der Waals surface area contributed by atoms with Crippen molar-refractivity contribution in [3.05, 3.63) is 59.2 Å². The molecule has 0 radical (unpaired) electrons. The van der Waals surface area contributed by atoms with Crippen molar-refractivity contribution in [1.29, 1.82) is 0 Å². The number of quaternary nitrogens is 1. The van der Waals surface area contributed by atoms with Crippen LogP contribution in [0.3, 0.4) is 0 Å². The second-order valence-corrected chi connectivity index (χ2v) is 7.32. The molecule has 1 unspecified atom stereocenters. The van der Waals surface area contributed by atoms with E-state index in [1.807, 2.05) is 32.0 Å². The number of hydrogen-bond acceptors (Lipinski definition) is 4. The highest BCUT2D eigenvalue weighted by molar-refractivity contribution is 5.96. The molecule has 160 valence electrons. The largest absolute Gasteiger partial charge is 0.379 e. The van der Waals surface area contributed by atoms with Crippen LogP contribution >= 0.6 is 0 Å². The van der Waals surface area contributed by atoms with E-state index in [0.29, 0.717) is 24.4 Å². The van der Waals surface area contributed by atoms with Gasteiger partial charge < -0.3 is 20.3 Å². The first-order valence-electron chi connectivity index (χ1n) is 9.89. The summed E-state index contributed by atoms with van der Waals surface area (Å²) in [6.45, 7) is 6.68. The monoisotopic (exact) mass is 412 g/mol. The molecule has 30 heavy (non-hydrogen) atoms. The van der Waals surface area contributed by atoms with Crippen LogP contribution in [-0.2, 0) is 14.3 Å². The van der Waals surface area contributed by atoms with Crippen molar-refractivity contribution in [2.75, 3.05) is 44.0 Å². The van der Waals surface area contributed by atoms with Crippen LogP contribution in [0, 0.1) is 13.8 Å². The van der Waals surface area contributed by atoms with Gasteiger partial charge in [-0.3, -0.25) is 14.4 Å². The Hall–Kier alpha value is -3.03. The Bertz CT molecular complexity index is 894. The zero-order valence-corrected chi connectivity index (χ0v) is 18.0. The van der Waals surface area contributed by atoms with Crippen LogP contribution in [0.1, 0.15) is 28.4 Å². The first-order valence-corrected chi connectivity index (χ1v) is 9.89. The summed E-state index contributed by atoms with van der Waals surface area (Å²) in [5, 5.41) is 5.74. The fraction of sp³-hybridized carbons (Fsp3) is 0.348. The zero-order valence-electron chi connectivity index (χ0n) is 18.0. The van der Waals surface area contributed by atoms with E-state index in [-0.39, 0.29) is 30.7 Å². The van der Waals surface area contributed by atoms with Crippen LogP contribution in [0.25, 0.3) is 0 Å². The van der Waals surface area contributed by atoms with Gasteiger partial charge in [0.25, 0.3) is 11.8 Å². The van der Waals surface area contributed by atoms with Gasteiger partial charge in [0.1, 0.15) is 6.54 Å². The molecule has 2 rings (SSSR count). The molecule has 1 atom stereocenters. The highest BCUT2D eigenvalue weighted by Crippen LogP contribution is 2.17. The first kappa shape index (κ1) is 23.3. The number of aryl methyl sites for hydroxylation is 1. The topological polar surface area (TPSA) is 88.9 Å². The number of rotatable bonds is 10. The van der Waals surface area contributed by atoms with Gasteiger partial charge in [0.15, 0.2) is 18.9 Å². The van der Waals surface area contributed by atoms with Gasteiger partial charge in [-0.25, -0.2) is 0 Å². The molecule has 0 spiro atoms. The molecule has 0 saturated carbocycles. The van der Waals surface area contributed by atoms with Crippen LogP contribution in [0.2, 0.25) is 0 Å². The molecule has 7 heteroatoms. The predicted octanol–water partition coefficient (Wildman–Crippen LogP) is 1.61. The molecular weight excluding hydrogens is 382 g/mol. The number of hydrogen-bond donors (Lipinski definition) is 3. The van der Waals surface area contributed by atoms with Crippen molar-refractivity contribution in [1.82, 2.24) is 0 Å². The van der Waals surface area contributed by atoms with E-state index < -0.39 is 0 Å². The summed E-state index contributed by atoms with van der Waals surface area (Å²) in [5.41, 5.74) is 4.10. The lowest BCUT2D eigenvalue weighted by Crippen LogP contribution is -3.14. The number of ether oxygens (including phenoxy) is 1. The second kappa shape index (κ2) is 11.2. The zero-order chi connectivity index (χ0) is 22.1. The predicted molar refractivity (Wildman–Crippen MR) is 117 cm³/mol. The van der Waals surface area contributed by atoms with Crippen LogP contribution in [-0.4, -0.2) is 50.9 Å². The summed E-state index contributed by atoms with van der Waals surface area (Å²) in [6.07, 6.45) is 0. The molecule has 0 bridgehead atoms. The lowest BCUT2D eigenvalue weighted by atomic mass is 10.1. The average Bonchev–Trinajstić information content (AvgIpc) is 2.70. The Balaban J connectivity index is 1.96. The Morgan fingerprint density at radius 3 is 2.17 bits per heavy atom. The van der Waals surface area contributed by atoms with Crippen LogP contribution in [0.4, 0.5) is 11.4 Å². The number of methoxy groups -OCH3 is 1. The lowest BCUT2D eigenvalue weighted by Gasteiger charge is -2.19. The SMILES string of the molecule is COCC[NH+](CC(=O)Nc1ccc(C(C)=O)cc1)CC(=O)Nc1cccc(C)c1C. The minimum Gasteiger partial charge on any atom is -0.379 e. The van der Waals surface area contributed by atoms with Crippen LogP contribution in [0.5, 0.6) is 0 Å². The van der Waals surface area contributed by atoms with Crippen molar-refractivity contribution in [2.45, 2.75) is 20.8 Å². The molecule has 7 nitrogen and oxygen atoms in total. The smallest absolute Gasteiger partial charge is 0.279 e. The molecule has 0 saturated heterocycles. The quantitative estimate of drug-likeness (QED) is 0.518. The number of carbonyl (C=O) groups excluding carboxylic acids is 3. The van der Waals surface area contributed by atoms with E-state index in [0.717, 1.165) is 21.7 Å². The summed E-state index contributed by atoms with van der Waals surface area (Å²) in [7, 11) is 1.59. The van der Waals surface area contributed by atoms with Gasteiger partial charge in [-0.1, -0.05) is 12.1 Å². The van der Waals surface area contributed by atoms with E-state index in [4.69, 9.17) is 4.74 Å². The lowest BCUT2D eigenvalue weighted by molar-refractivity contribution is -0.883. The number of nitrogens with one attached hydrogen (secondary N) is 3. The van der Waals surface area contributed by atoms with E-state index in [1.165, 1.54) is 6.92 Å². The van der Waals surface area contributed by atoms with Crippen molar-refractivity contribution < 1.29 is 24.0 Å². The minimum absolute atomic E-state index is 0.0297. The number of carbonyl (C=O) groups is 3. The van der Waals surface area contributed by atoms with Crippen molar-refractivity contribution in [3.63, 3.8) is 0 Å². The van der Waals surface area contributed by atoms with Gasteiger partial charge in [0, 0.05) is 24.0 Å². The molecule has 0 aliphatic heterocycles. The summed E-state index contributed by atoms with van der Waals surface area (Å²) in [4.78, 5) is 37.2. The third kappa shape index (κ3) is 7.09. The van der Waals surface area contributed by atoms with Crippen molar-refractivity contribution in [3.8, 4) is 0 Å². The Kier molecular flexibility index (Phi) is 8.70. The standard InChI is InChI=1S/C23H29N3O4/c1-16-6-5-7-21(17(16)2)25-23(29)15-26(12-13-30-4)14-22(28)24-20-10-8-19(9-11-20)18(3)27/h5-11H,12-15H2,1-4H3,(H,24,28)(H,25,29)/p+1. The number of benzene rings is 2. The first-order chi connectivity index (χ1) is 14.3. The van der Waals surface area contributed by atoms with Gasteiger partial charge in [-0.15, -0.1) is 0 Å². The summed E-state index contributed by atoms with van der Waals surface area (Å²) >= 11 is 0. The molecule has 2 aromatic rings. The van der Waals surface area contributed by atoms with Crippen molar-refractivity contribution >= 4 is 29.0 Å². The van der Waals surface area contributed by atoms with Gasteiger partial charge in [0.05, 0.1) is 6.61 Å². The molecule has 0 aliphatic rings. The summed E-state index contributed by atoms with van der Waals surface area (Å²) < 4.78 is 5.13. The number of ketones is 1. The maximum Gasteiger partial charge on any atom is 0.279 e. The maximum absolute atomic E-state index is 12.6. The minimum atomic E-state index is -0.212. The van der Waals surface area contributed by atoms with E-state index in [1.54, 1.807) is 31.4 Å². The second-order valence-electron chi connectivity index (χ2n) is 7.32. The molecule has 2 aromatic carbocycles. The van der Waals surface area contributed by atoms with Crippen LogP contribution < -0.4 is 15.5 Å². The van der Waals surface area contributed by atoms with Gasteiger partial charge >= 0.3 is 0 Å². The third-order valence-corrected chi connectivity index (χ3v) is 4.93. The molecule has 0 aliphatic carbocycles. The molecular formula is C23H30N3O4+. The fourth-order valence-electron chi connectivity index (χ4n) is 3.01. The van der Waals surface area contributed by atoms with Gasteiger partial charge in [-0.05, 0) is 62.2 Å². The Labute approximate surface area is 177 Å². The fourth-order valence-corrected chi connectivity index (χ4v) is 3.01. The van der Waals surface area contributed by atoms with Crippen molar-refractivity contribution in [2.24, 2.45) is 0 Å². The van der Waals surface area contributed by atoms with Gasteiger partial charge in [-0.2, -0.15) is 0 Å². The highest BCUT2D eigenvalue weighted by atomic mass is 16.5. The molecule has 0 aromatic heterocycles.